The smallest absolute Gasteiger partial charge is 0.254 e. The van der Waals surface area contributed by atoms with Gasteiger partial charge in [0.1, 0.15) is 11.6 Å². The molecule has 1 amide bonds. The summed E-state index contributed by atoms with van der Waals surface area (Å²) in [4.78, 5) is 14.8. The van der Waals surface area contributed by atoms with Crippen molar-refractivity contribution in [3.05, 3.63) is 82.4 Å². The molecule has 0 saturated carbocycles. The van der Waals surface area contributed by atoms with Gasteiger partial charge in [0.05, 0.1) is 32.1 Å². The summed E-state index contributed by atoms with van der Waals surface area (Å²) < 4.78 is 20.2. The van der Waals surface area contributed by atoms with E-state index in [2.05, 4.69) is 5.10 Å². The largest absolute Gasteiger partial charge is 0.497 e. The second-order valence-electron chi connectivity index (χ2n) is 6.74. The number of fused-ring (bicyclic) bond motifs is 1. The number of benzene rings is 2. The van der Waals surface area contributed by atoms with Gasteiger partial charge in [-0.05, 0) is 48.4 Å². The van der Waals surface area contributed by atoms with Crippen molar-refractivity contribution in [3.8, 4) is 5.75 Å². The molecule has 6 heteroatoms. The van der Waals surface area contributed by atoms with Gasteiger partial charge >= 0.3 is 0 Å². The minimum absolute atomic E-state index is 0.000291. The molecule has 27 heavy (non-hydrogen) atoms. The lowest BCUT2D eigenvalue weighted by Crippen LogP contribution is -2.27. The third kappa shape index (κ3) is 3.30. The van der Waals surface area contributed by atoms with Gasteiger partial charge in [0.2, 0.25) is 0 Å². The summed E-state index contributed by atoms with van der Waals surface area (Å²) in [5.41, 5.74) is 4.62. The normalized spacial score (nSPS) is 12.9. The van der Waals surface area contributed by atoms with Crippen LogP contribution in [0.1, 0.15) is 32.7 Å². The molecule has 1 aliphatic rings. The third-order valence-electron chi connectivity index (χ3n) is 4.93. The van der Waals surface area contributed by atoms with E-state index in [1.807, 2.05) is 34.8 Å². The Bertz CT molecular complexity index is 995. The van der Waals surface area contributed by atoms with Crippen molar-refractivity contribution >= 4 is 5.91 Å². The number of hydrogen-bond donors (Lipinski definition) is 0. The van der Waals surface area contributed by atoms with Crippen LogP contribution in [0.5, 0.6) is 5.75 Å². The van der Waals surface area contributed by atoms with Crippen molar-refractivity contribution in [2.45, 2.75) is 26.6 Å². The van der Waals surface area contributed by atoms with Crippen LogP contribution in [0.15, 0.2) is 48.7 Å². The number of aryl methyl sites for hydroxylation is 1. The average molecular weight is 365 g/mol. The van der Waals surface area contributed by atoms with E-state index in [0.29, 0.717) is 25.2 Å². The van der Waals surface area contributed by atoms with Crippen LogP contribution in [0.4, 0.5) is 4.39 Å². The summed E-state index contributed by atoms with van der Waals surface area (Å²) in [7, 11) is 1.61. The first-order chi connectivity index (χ1) is 13.0. The van der Waals surface area contributed by atoms with Crippen molar-refractivity contribution in [3.63, 3.8) is 0 Å². The highest BCUT2D eigenvalue weighted by Gasteiger charge is 2.28. The molecule has 0 N–H and O–H groups in total. The monoisotopic (exact) mass is 365 g/mol. The average Bonchev–Trinajstić information content (AvgIpc) is 3.25. The minimum atomic E-state index is -0.254. The molecular weight excluding hydrogens is 345 g/mol. The van der Waals surface area contributed by atoms with E-state index in [-0.39, 0.29) is 11.7 Å². The summed E-state index contributed by atoms with van der Waals surface area (Å²) in [5, 5.41) is 4.43. The Morgan fingerprint density at radius 2 is 1.96 bits per heavy atom. The van der Waals surface area contributed by atoms with Gasteiger partial charge < -0.3 is 9.64 Å². The van der Waals surface area contributed by atoms with E-state index in [1.165, 1.54) is 12.1 Å². The molecule has 4 rings (SSSR count). The summed E-state index contributed by atoms with van der Waals surface area (Å²) in [5.74, 6) is 0.486. The lowest BCUT2D eigenvalue weighted by atomic mass is 10.1. The quantitative estimate of drug-likeness (QED) is 0.710. The van der Waals surface area contributed by atoms with Crippen molar-refractivity contribution in [1.29, 1.82) is 0 Å². The zero-order chi connectivity index (χ0) is 19.0. The Morgan fingerprint density at radius 3 is 2.67 bits per heavy atom. The standard InChI is InChI=1S/C21H20FN3O2/c1-14-9-18(27-2)7-8-19(14)21(26)24-12-16-10-23-25(20(16)13-24)11-15-3-5-17(22)6-4-15/h3-10H,11-13H2,1-2H3. The Hall–Kier alpha value is -3.15. The van der Waals surface area contributed by atoms with Crippen LogP contribution in [-0.4, -0.2) is 27.7 Å². The van der Waals surface area contributed by atoms with Crippen molar-refractivity contribution in [2.75, 3.05) is 7.11 Å². The molecule has 3 aromatic rings. The van der Waals surface area contributed by atoms with Gasteiger partial charge in [-0.25, -0.2) is 4.39 Å². The molecule has 0 radical (unpaired) electrons. The second-order valence-corrected chi connectivity index (χ2v) is 6.74. The van der Waals surface area contributed by atoms with Crippen LogP contribution in [-0.2, 0) is 19.6 Å². The number of carbonyl (C=O) groups is 1. The highest BCUT2D eigenvalue weighted by Crippen LogP contribution is 2.26. The highest BCUT2D eigenvalue weighted by molar-refractivity contribution is 5.96. The zero-order valence-corrected chi connectivity index (χ0v) is 15.3. The van der Waals surface area contributed by atoms with Gasteiger partial charge in [-0.3, -0.25) is 9.48 Å². The maximum atomic E-state index is 13.1. The number of halogens is 1. The molecule has 0 bridgehead atoms. The summed E-state index contributed by atoms with van der Waals surface area (Å²) in [6.45, 7) is 3.53. The number of methoxy groups -OCH3 is 1. The molecule has 0 atom stereocenters. The number of amides is 1. The number of aromatic nitrogens is 2. The summed E-state index contributed by atoms with van der Waals surface area (Å²) >= 11 is 0. The third-order valence-corrected chi connectivity index (χ3v) is 4.93. The molecule has 1 aliphatic heterocycles. The molecule has 0 saturated heterocycles. The van der Waals surface area contributed by atoms with E-state index < -0.39 is 0 Å². The number of hydrogen-bond acceptors (Lipinski definition) is 3. The molecule has 0 unspecified atom stereocenters. The lowest BCUT2D eigenvalue weighted by molar-refractivity contribution is 0.0747. The van der Waals surface area contributed by atoms with Crippen molar-refractivity contribution in [1.82, 2.24) is 14.7 Å². The second kappa shape index (κ2) is 6.87. The fourth-order valence-electron chi connectivity index (χ4n) is 3.42. The molecule has 2 aromatic carbocycles. The minimum Gasteiger partial charge on any atom is -0.497 e. The van der Waals surface area contributed by atoms with E-state index in [1.54, 1.807) is 25.3 Å². The van der Waals surface area contributed by atoms with Gasteiger partial charge in [0, 0.05) is 17.7 Å². The van der Waals surface area contributed by atoms with Gasteiger partial charge in [0.25, 0.3) is 5.91 Å². The fraction of sp³-hybridized carbons (Fsp3) is 0.238. The predicted molar refractivity (Wildman–Crippen MR) is 99.0 cm³/mol. The van der Waals surface area contributed by atoms with Crippen LogP contribution >= 0.6 is 0 Å². The number of carbonyl (C=O) groups excluding carboxylic acids is 1. The zero-order valence-electron chi connectivity index (χ0n) is 15.3. The fourth-order valence-corrected chi connectivity index (χ4v) is 3.42. The van der Waals surface area contributed by atoms with Gasteiger partial charge in [-0.15, -0.1) is 0 Å². The Morgan fingerprint density at radius 1 is 1.19 bits per heavy atom. The first-order valence-electron chi connectivity index (χ1n) is 8.77. The first-order valence-corrected chi connectivity index (χ1v) is 8.77. The van der Waals surface area contributed by atoms with Gasteiger partial charge in [0.15, 0.2) is 0 Å². The van der Waals surface area contributed by atoms with Crippen LogP contribution in [0.25, 0.3) is 0 Å². The molecule has 0 aliphatic carbocycles. The Labute approximate surface area is 157 Å². The lowest BCUT2D eigenvalue weighted by Gasteiger charge is -2.18. The van der Waals surface area contributed by atoms with Gasteiger partial charge in [-0.2, -0.15) is 5.10 Å². The maximum Gasteiger partial charge on any atom is 0.254 e. The van der Waals surface area contributed by atoms with Crippen LogP contribution < -0.4 is 4.74 Å². The van der Waals surface area contributed by atoms with Crippen LogP contribution in [0, 0.1) is 12.7 Å². The molecule has 138 valence electrons. The number of nitrogens with zero attached hydrogens (tertiary/aromatic N) is 3. The molecule has 2 heterocycles. The van der Waals surface area contributed by atoms with Crippen molar-refractivity contribution < 1.29 is 13.9 Å². The molecule has 0 spiro atoms. The van der Waals surface area contributed by atoms with Gasteiger partial charge in [-0.1, -0.05) is 12.1 Å². The van der Waals surface area contributed by atoms with E-state index in [9.17, 15) is 9.18 Å². The van der Waals surface area contributed by atoms with E-state index >= 15 is 0 Å². The Kier molecular flexibility index (Phi) is 4.39. The SMILES string of the molecule is COc1ccc(C(=O)N2Cc3cnn(Cc4ccc(F)cc4)c3C2)c(C)c1. The topological polar surface area (TPSA) is 47.4 Å². The maximum absolute atomic E-state index is 13.1. The molecular formula is C21H20FN3O2. The van der Waals surface area contributed by atoms with Crippen LogP contribution in [0.2, 0.25) is 0 Å². The van der Waals surface area contributed by atoms with E-state index in [4.69, 9.17) is 4.74 Å². The van der Waals surface area contributed by atoms with Crippen LogP contribution in [0.3, 0.4) is 0 Å². The first kappa shape index (κ1) is 17.3. The predicted octanol–water partition coefficient (Wildman–Crippen LogP) is 3.54. The number of ether oxygens (including phenoxy) is 1. The van der Waals surface area contributed by atoms with E-state index in [0.717, 1.165) is 28.1 Å². The molecule has 0 fully saturated rings. The number of rotatable bonds is 4. The summed E-state index contributed by atoms with van der Waals surface area (Å²) in [6, 6.07) is 11.9. The molecule has 1 aromatic heterocycles. The Balaban J connectivity index is 1.52. The highest BCUT2D eigenvalue weighted by atomic mass is 19.1. The van der Waals surface area contributed by atoms with Crippen molar-refractivity contribution in [2.24, 2.45) is 0 Å². The molecule has 5 nitrogen and oxygen atoms in total. The summed E-state index contributed by atoms with van der Waals surface area (Å²) in [6.07, 6.45) is 1.81.